The van der Waals surface area contributed by atoms with Gasteiger partial charge in [0.1, 0.15) is 0 Å². The highest BCUT2D eigenvalue weighted by Crippen LogP contribution is 2.34. The third-order valence-corrected chi connectivity index (χ3v) is 4.72. The Bertz CT molecular complexity index is 570. The molecule has 0 spiro atoms. The molecule has 0 unspecified atom stereocenters. The van der Waals surface area contributed by atoms with Crippen LogP contribution in [0.2, 0.25) is 0 Å². The van der Waals surface area contributed by atoms with Crippen molar-refractivity contribution in [3.05, 3.63) is 45.3 Å². The molecule has 1 aliphatic rings. The first-order valence-corrected chi connectivity index (χ1v) is 6.86. The van der Waals surface area contributed by atoms with Crippen LogP contribution < -0.4 is 0 Å². The Kier molecular flexibility index (Phi) is 3.88. The molecule has 0 aromatic carbocycles. The maximum absolute atomic E-state index is 12.3. The highest BCUT2D eigenvalue weighted by molar-refractivity contribution is 7.99. The number of carbonyl (C=O) groups is 1. The van der Waals surface area contributed by atoms with Gasteiger partial charge in [-0.3, -0.25) is 4.79 Å². The van der Waals surface area contributed by atoms with Crippen molar-refractivity contribution in [1.82, 2.24) is 0 Å². The monoisotopic (exact) mass is 252 g/mol. The van der Waals surface area contributed by atoms with Crippen LogP contribution in [0.5, 0.6) is 0 Å². The number of hydrogen-bond acceptors (Lipinski definition) is 3. The van der Waals surface area contributed by atoms with E-state index in [-0.39, 0.29) is 26.7 Å². The van der Waals surface area contributed by atoms with Gasteiger partial charge >= 0.3 is 0 Å². The van der Waals surface area contributed by atoms with E-state index in [0.717, 1.165) is 0 Å². The first kappa shape index (κ1) is 13.6. The number of hydrogen-bond donors (Lipinski definition) is 0. The van der Waals surface area contributed by atoms with Crippen LogP contribution in [0.25, 0.3) is 0 Å². The zero-order valence-corrected chi connectivity index (χ0v) is 11.3. The minimum Gasteiger partial charge on any atom is -0.289 e. The molecule has 1 heterocycles. The third-order valence-electron chi connectivity index (χ3n) is 2.67. The third kappa shape index (κ3) is 2.05. The molecule has 0 fully saturated rings. The summed E-state index contributed by atoms with van der Waals surface area (Å²) < 4.78 is 24.6. The quantitative estimate of drug-likeness (QED) is 0.674. The zero-order chi connectivity index (χ0) is 13.2. The fourth-order valence-electron chi connectivity index (χ4n) is 1.84. The maximum Gasteiger partial charge on any atom is 0.207 e. The van der Waals surface area contributed by atoms with Crippen molar-refractivity contribution in [2.75, 3.05) is 0 Å². The van der Waals surface area contributed by atoms with Gasteiger partial charge in [0.05, 0.1) is 9.81 Å². The molecule has 1 aliphatic heterocycles. The summed E-state index contributed by atoms with van der Waals surface area (Å²) in [6.07, 6.45) is 6.11. The first-order valence-electron chi connectivity index (χ1n) is 5.38. The van der Waals surface area contributed by atoms with Crippen LogP contribution in [0.4, 0.5) is 0 Å². The molecule has 0 aromatic heterocycles. The highest BCUT2D eigenvalue weighted by Gasteiger charge is 2.35. The van der Waals surface area contributed by atoms with E-state index in [1.807, 2.05) is 0 Å². The summed E-state index contributed by atoms with van der Waals surface area (Å²) in [5.41, 5.74) is 0.542. The van der Waals surface area contributed by atoms with E-state index in [4.69, 9.17) is 0 Å². The molecule has 0 radical (unpaired) electrons. The Labute approximate surface area is 102 Å². The topological polar surface area (TPSA) is 51.2 Å². The van der Waals surface area contributed by atoms with Gasteiger partial charge in [0.25, 0.3) is 0 Å². The van der Waals surface area contributed by atoms with Crippen LogP contribution in [-0.4, -0.2) is 14.2 Å². The first-order chi connectivity index (χ1) is 7.91. The molecular weight excluding hydrogens is 236 g/mol. The van der Waals surface area contributed by atoms with Gasteiger partial charge < -0.3 is 0 Å². The van der Waals surface area contributed by atoms with Crippen molar-refractivity contribution in [3.63, 3.8) is 0 Å². The summed E-state index contributed by atoms with van der Waals surface area (Å²) in [7, 11) is -3.56. The Balaban J connectivity index is 3.74. The zero-order valence-electron chi connectivity index (χ0n) is 10.4. The fraction of sp³-hybridized carbons (Fsp3) is 0.308. The number of ketones is 1. The van der Waals surface area contributed by atoms with Gasteiger partial charge in [-0.05, 0) is 33.8 Å². The van der Waals surface area contributed by atoms with Crippen LogP contribution in [-0.2, 0) is 14.6 Å². The molecule has 4 heteroatoms. The second-order valence-corrected chi connectivity index (χ2v) is 5.56. The van der Waals surface area contributed by atoms with Crippen molar-refractivity contribution >= 4 is 15.6 Å². The SMILES string of the molecule is C/C=C\C1=C(C)C(=O)C(=C/C)/C(=C\C)S1(=O)=O. The van der Waals surface area contributed by atoms with Gasteiger partial charge in [-0.25, -0.2) is 8.42 Å². The Morgan fingerprint density at radius 1 is 1.06 bits per heavy atom. The lowest BCUT2D eigenvalue weighted by Gasteiger charge is -2.20. The van der Waals surface area contributed by atoms with Crippen LogP contribution >= 0.6 is 0 Å². The molecule has 0 aliphatic carbocycles. The predicted octanol–water partition coefficient (Wildman–Crippen LogP) is 2.68. The summed E-state index contributed by atoms with van der Waals surface area (Å²) in [6.45, 7) is 6.56. The van der Waals surface area contributed by atoms with Gasteiger partial charge in [-0.2, -0.15) is 0 Å². The molecule has 0 atom stereocenters. The smallest absolute Gasteiger partial charge is 0.207 e. The van der Waals surface area contributed by atoms with Crippen molar-refractivity contribution in [3.8, 4) is 0 Å². The van der Waals surface area contributed by atoms with Crippen LogP contribution in [0.3, 0.4) is 0 Å². The molecule has 1 rings (SSSR count). The van der Waals surface area contributed by atoms with E-state index in [1.165, 1.54) is 12.2 Å². The summed E-state index contributed by atoms with van der Waals surface area (Å²) >= 11 is 0. The largest absolute Gasteiger partial charge is 0.289 e. The van der Waals surface area contributed by atoms with Gasteiger partial charge in [0, 0.05) is 11.1 Å². The van der Waals surface area contributed by atoms with Gasteiger partial charge in [-0.15, -0.1) is 0 Å². The molecule has 17 heavy (non-hydrogen) atoms. The average molecular weight is 252 g/mol. The van der Waals surface area contributed by atoms with E-state index >= 15 is 0 Å². The standard InChI is InChI=1S/C13H16O3S/c1-5-8-12-9(4)13(14)10(6-2)11(7-3)17(12,15)16/h5-8H,1-4H3/b8-5-,10-6+,11-7+. The molecule has 92 valence electrons. The van der Waals surface area contributed by atoms with Crippen LogP contribution in [0.15, 0.2) is 45.3 Å². The second kappa shape index (κ2) is 4.84. The molecule has 0 saturated carbocycles. The predicted molar refractivity (Wildman–Crippen MR) is 69.0 cm³/mol. The highest BCUT2D eigenvalue weighted by atomic mass is 32.2. The van der Waals surface area contributed by atoms with Crippen molar-refractivity contribution in [2.45, 2.75) is 27.7 Å². The lowest BCUT2D eigenvalue weighted by molar-refractivity contribution is -0.112. The van der Waals surface area contributed by atoms with E-state index in [1.54, 1.807) is 39.8 Å². The Hall–Kier alpha value is -1.42. The minimum atomic E-state index is -3.56. The number of carbonyl (C=O) groups excluding carboxylic acids is 1. The Morgan fingerprint density at radius 2 is 1.65 bits per heavy atom. The van der Waals surface area contributed by atoms with Gasteiger partial charge in [0.2, 0.25) is 9.84 Å². The molecule has 3 nitrogen and oxygen atoms in total. The summed E-state index contributed by atoms with van der Waals surface area (Å²) in [5.74, 6) is -0.219. The maximum atomic E-state index is 12.3. The summed E-state index contributed by atoms with van der Waals surface area (Å²) in [4.78, 5) is 12.2. The molecular formula is C13H16O3S. The van der Waals surface area contributed by atoms with Crippen molar-refractivity contribution in [2.24, 2.45) is 0 Å². The van der Waals surface area contributed by atoms with Crippen LogP contribution in [0.1, 0.15) is 27.7 Å². The molecule has 0 amide bonds. The van der Waals surface area contributed by atoms with Gasteiger partial charge in [0.15, 0.2) is 5.78 Å². The number of sulfone groups is 1. The number of allylic oxidation sites excluding steroid dienone is 6. The van der Waals surface area contributed by atoms with E-state index in [9.17, 15) is 13.2 Å². The van der Waals surface area contributed by atoms with Gasteiger partial charge in [-0.1, -0.05) is 18.2 Å². The number of Topliss-reactive ketones (excluding diaryl/α,β-unsaturated/α-hetero) is 1. The summed E-state index contributed by atoms with van der Waals surface area (Å²) in [6, 6.07) is 0. The number of rotatable bonds is 1. The molecule has 0 aromatic rings. The van der Waals surface area contributed by atoms with E-state index < -0.39 is 9.84 Å². The van der Waals surface area contributed by atoms with Crippen molar-refractivity contribution < 1.29 is 13.2 Å². The molecule has 0 saturated heterocycles. The lowest BCUT2D eigenvalue weighted by atomic mass is 10.0. The molecule has 0 N–H and O–H groups in total. The minimum absolute atomic E-state index is 0.101. The lowest BCUT2D eigenvalue weighted by Crippen LogP contribution is -2.23. The van der Waals surface area contributed by atoms with E-state index in [0.29, 0.717) is 0 Å². The van der Waals surface area contributed by atoms with E-state index in [2.05, 4.69) is 0 Å². The Morgan fingerprint density at radius 3 is 2.06 bits per heavy atom. The summed E-state index contributed by atoms with van der Waals surface area (Å²) in [5, 5.41) is 0. The van der Waals surface area contributed by atoms with Crippen LogP contribution in [0, 0.1) is 0 Å². The normalized spacial score (nSPS) is 25.3. The average Bonchev–Trinajstić information content (AvgIpc) is 2.29. The fourth-order valence-corrected chi connectivity index (χ4v) is 3.70. The van der Waals surface area contributed by atoms with Crippen molar-refractivity contribution in [1.29, 1.82) is 0 Å². The second-order valence-electron chi connectivity index (χ2n) is 3.68. The molecule has 0 bridgehead atoms.